The number of carbonyl (C=O) groups is 1. The summed E-state index contributed by atoms with van der Waals surface area (Å²) in [4.78, 5) is 11.9. The molecule has 0 saturated carbocycles. The van der Waals surface area contributed by atoms with Crippen LogP contribution in [0.2, 0.25) is 0 Å². The molecule has 5 heteroatoms. The molecule has 0 bridgehead atoms. The topological polar surface area (TPSA) is 70.1 Å². The lowest BCUT2D eigenvalue weighted by molar-refractivity contribution is 0.0489. The molecule has 0 aliphatic rings. The van der Waals surface area contributed by atoms with Gasteiger partial charge in [0.2, 0.25) is 0 Å². The number of aryl methyl sites for hydroxylation is 3. The smallest absolute Gasteiger partial charge is 0.358 e. The van der Waals surface area contributed by atoms with E-state index in [0.29, 0.717) is 23.7 Å². The molecule has 20 heavy (non-hydrogen) atoms. The minimum absolute atomic E-state index is 0.321. The predicted molar refractivity (Wildman–Crippen MR) is 77.4 cm³/mol. The van der Waals surface area contributed by atoms with Crippen LogP contribution in [0.25, 0.3) is 0 Å². The molecule has 0 fully saturated rings. The van der Waals surface area contributed by atoms with E-state index < -0.39 is 5.97 Å². The summed E-state index contributed by atoms with van der Waals surface area (Å²) in [6.07, 6.45) is 1.67. The Kier molecular flexibility index (Phi) is 4.40. The Bertz CT molecular complexity index is 591. The molecule has 2 N–H and O–H groups in total. The van der Waals surface area contributed by atoms with Gasteiger partial charge in [-0.3, -0.25) is 4.68 Å². The summed E-state index contributed by atoms with van der Waals surface area (Å²) in [5.74, 6) is -0.418. The van der Waals surface area contributed by atoms with Crippen molar-refractivity contribution < 1.29 is 9.53 Å². The number of hydrogen-bond acceptors (Lipinski definition) is 4. The SMILES string of the molecule is Cc1nn(C)c(C(=O)OCCCc2ccccc2)c1N. The van der Waals surface area contributed by atoms with Gasteiger partial charge in [-0.15, -0.1) is 0 Å². The van der Waals surface area contributed by atoms with Crippen LogP contribution in [0, 0.1) is 6.92 Å². The molecule has 0 aliphatic heterocycles. The van der Waals surface area contributed by atoms with Crippen molar-refractivity contribution in [1.82, 2.24) is 9.78 Å². The Hall–Kier alpha value is -2.30. The van der Waals surface area contributed by atoms with E-state index in [2.05, 4.69) is 17.2 Å². The highest BCUT2D eigenvalue weighted by Crippen LogP contribution is 2.16. The molecule has 1 heterocycles. The minimum Gasteiger partial charge on any atom is -0.461 e. The summed E-state index contributed by atoms with van der Waals surface area (Å²) < 4.78 is 6.71. The summed E-state index contributed by atoms with van der Waals surface area (Å²) in [6.45, 7) is 2.14. The third-order valence-corrected chi connectivity index (χ3v) is 3.15. The lowest BCUT2D eigenvalue weighted by atomic mass is 10.1. The van der Waals surface area contributed by atoms with Crippen molar-refractivity contribution in [2.45, 2.75) is 19.8 Å². The highest BCUT2D eigenvalue weighted by Gasteiger charge is 2.18. The fourth-order valence-corrected chi connectivity index (χ4v) is 2.07. The van der Waals surface area contributed by atoms with Crippen LogP contribution in [0.4, 0.5) is 5.69 Å². The number of rotatable bonds is 5. The zero-order valence-electron chi connectivity index (χ0n) is 11.8. The van der Waals surface area contributed by atoms with Gasteiger partial charge in [0.05, 0.1) is 18.0 Å². The first-order valence-electron chi connectivity index (χ1n) is 6.59. The van der Waals surface area contributed by atoms with Gasteiger partial charge in [-0.2, -0.15) is 5.10 Å². The third-order valence-electron chi connectivity index (χ3n) is 3.15. The maximum atomic E-state index is 11.9. The summed E-state index contributed by atoms with van der Waals surface area (Å²) >= 11 is 0. The molecule has 1 aromatic heterocycles. The number of anilines is 1. The Balaban J connectivity index is 1.84. The fraction of sp³-hybridized carbons (Fsp3) is 0.333. The van der Waals surface area contributed by atoms with Gasteiger partial charge in [0.1, 0.15) is 0 Å². The fourth-order valence-electron chi connectivity index (χ4n) is 2.07. The zero-order valence-corrected chi connectivity index (χ0v) is 11.8. The number of nitrogens with zero attached hydrogens (tertiary/aromatic N) is 2. The Morgan fingerprint density at radius 3 is 2.65 bits per heavy atom. The highest BCUT2D eigenvalue weighted by atomic mass is 16.5. The van der Waals surface area contributed by atoms with Crippen molar-refractivity contribution in [3.05, 3.63) is 47.3 Å². The molecule has 2 aromatic rings. The van der Waals surface area contributed by atoms with E-state index in [1.165, 1.54) is 10.2 Å². The molecule has 106 valence electrons. The largest absolute Gasteiger partial charge is 0.461 e. The minimum atomic E-state index is -0.418. The monoisotopic (exact) mass is 273 g/mol. The lowest BCUT2D eigenvalue weighted by Gasteiger charge is -2.06. The van der Waals surface area contributed by atoms with E-state index in [0.717, 1.165) is 12.8 Å². The van der Waals surface area contributed by atoms with Gasteiger partial charge in [-0.1, -0.05) is 30.3 Å². The third kappa shape index (κ3) is 3.17. The van der Waals surface area contributed by atoms with Crippen molar-refractivity contribution in [2.24, 2.45) is 7.05 Å². The van der Waals surface area contributed by atoms with Crippen molar-refractivity contribution >= 4 is 11.7 Å². The van der Waals surface area contributed by atoms with Crippen molar-refractivity contribution in [3.63, 3.8) is 0 Å². The molecule has 0 atom stereocenters. The van der Waals surface area contributed by atoms with Crippen molar-refractivity contribution in [2.75, 3.05) is 12.3 Å². The summed E-state index contributed by atoms with van der Waals surface area (Å²) in [5, 5.41) is 4.10. The van der Waals surface area contributed by atoms with E-state index in [1.807, 2.05) is 18.2 Å². The first-order valence-corrected chi connectivity index (χ1v) is 6.59. The molecule has 5 nitrogen and oxygen atoms in total. The number of nitrogen functional groups attached to an aromatic ring is 1. The second kappa shape index (κ2) is 6.23. The molecular weight excluding hydrogens is 254 g/mol. The molecular formula is C15H19N3O2. The number of carbonyl (C=O) groups excluding carboxylic acids is 1. The van der Waals surface area contributed by atoms with Gasteiger partial charge in [-0.25, -0.2) is 4.79 Å². The number of benzene rings is 1. The van der Waals surface area contributed by atoms with E-state index in [-0.39, 0.29) is 0 Å². The second-order valence-corrected chi connectivity index (χ2v) is 4.70. The Labute approximate surface area is 118 Å². The number of esters is 1. The Morgan fingerprint density at radius 2 is 2.05 bits per heavy atom. The summed E-state index contributed by atoms with van der Waals surface area (Å²) in [7, 11) is 1.68. The standard InChI is InChI=1S/C15H19N3O2/c1-11-13(16)14(18(2)17-11)15(19)20-10-6-9-12-7-4-3-5-8-12/h3-5,7-8H,6,9-10,16H2,1-2H3. The number of aromatic nitrogens is 2. The zero-order chi connectivity index (χ0) is 14.5. The van der Waals surface area contributed by atoms with Crippen LogP contribution in [0.1, 0.15) is 28.2 Å². The quantitative estimate of drug-likeness (QED) is 0.669. The van der Waals surface area contributed by atoms with E-state index in [4.69, 9.17) is 10.5 Å². The van der Waals surface area contributed by atoms with Crippen LogP contribution in [-0.4, -0.2) is 22.4 Å². The molecule has 2 rings (SSSR count). The van der Waals surface area contributed by atoms with Crippen LogP contribution >= 0.6 is 0 Å². The average Bonchev–Trinajstić information content (AvgIpc) is 2.69. The number of hydrogen-bond donors (Lipinski definition) is 1. The molecule has 1 aromatic carbocycles. The van der Waals surface area contributed by atoms with Gasteiger partial charge in [-0.05, 0) is 25.3 Å². The van der Waals surface area contributed by atoms with E-state index in [1.54, 1.807) is 14.0 Å². The maximum Gasteiger partial charge on any atom is 0.358 e. The average molecular weight is 273 g/mol. The molecule has 0 saturated heterocycles. The number of ether oxygens (including phenoxy) is 1. The lowest BCUT2D eigenvalue weighted by Crippen LogP contribution is -2.13. The van der Waals surface area contributed by atoms with Gasteiger partial charge in [0.15, 0.2) is 5.69 Å². The van der Waals surface area contributed by atoms with Gasteiger partial charge >= 0.3 is 5.97 Å². The van der Waals surface area contributed by atoms with Crippen LogP contribution in [0.15, 0.2) is 30.3 Å². The molecule has 0 spiro atoms. The maximum absolute atomic E-state index is 11.9. The van der Waals surface area contributed by atoms with E-state index in [9.17, 15) is 4.79 Å². The predicted octanol–water partition coefficient (Wildman–Crippen LogP) is 2.10. The second-order valence-electron chi connectivity index (χ2n) is 4.70. The summed E-state index contributed by atoms with van der Waals surface area (Å²) in [6, 6.07) is 10.1. The highest BCUT2D eigenvalue weighted by molar-refractivity contribution is 5.93. The molecule has 0 radical (unpaired) electrons. The van der Waals surface area contributed by atoms with Crippen LogP contribution in [-0.2, 0) is 18.2 Å². The van der Waals surface area contributed by atoms with Gasteiger partial charge in [0.25, 0.3) is 0 Å². The van der Waals surface area contributed by atoms with Crippen molar-refractivity contribution in [3.8, 4) is 0 Å². The first-order chi connectivity index (χ1) is 9.59. The first kappa shape index (κ1) is 14.1. The van der Waals surface area contributed by atoms with Crippen LogP contribution in [0.3, 0.4) is 0 Å². The van der Waals surface area contributed by atoms with Gasteiger partial charge < -0.3 is 10.5 Å². The van der Waals surface area contributed by atoms with E-state index >= 15 is 0 Å². The Morgan fingerprint density at radius 1 is 1.35 bits per heavy atom. The van der Waals surface area contributed by atoms with Crippen molar-refractivity contribution in [1.29, 1.82) is 0 Å². The molecule has 0 aliphatic carbocycles. The summed E-state index contributed by atoms with van der Waals surface area (Å²) in [5.41, 5.74) is 8.40. The molecule has 0 unspecified atom stereocenters. The van der Waals surface area contributed by atoms with Gasteiger partial charge in [0, 0.05) is 7.05 Å². The normalized spacial score (nSPS) is 10.5. The van der Waals surface area contributed by atoms with Crippen LogP contribution < -0.4 is 5.73 Å². The molecule has 0 amide bonds. The van der Waals surface area contributed by atoms with Crippen LogP contribution in [0.5, 0.6) is 0 Å². The number of nitrogens with two attached hydrogens (primary N) is 1.